The Kier molecular flexibility index (Phi) is 5.28. The maximum absolute atomic E-state index is 12.5. The van der Waals surface area contributed by atoms with Crippen molar-refractivity contribution >= 4 is 45.4 Å². The van der Waals surface area contributed by atoms with Crippen molar-refractivity contribution in [2.24, 2.45) is 5.92 Å². The predicted molar refractivity (Wildman–Crippen MR) is 114 cm³/mol. The van der Waals surface area contributed by atoms with Crippen LogP contribution in [0, 0.1) is 5.92 Å². The van der Waals surface area contributed by atoms with E-state index >= 15 is 0 Å². The molecule has 5 rings (SSSR count). The number of fused-ring (bicyclic) bond motifs is 1. The number of nitrogens with one attached hydrogen (secondary N) is 1. The zero-order valence-electron chi connectivity index (χ0n) is 16.3. The second-order valence-electron chi connectivity index (χ2n) is 7.92. The molecule has 1 amide bonds. The molecule has 1 N–H and O–H groups in total. The number of hydrogen-bond donors (Lipinski definition) is 1. The van der Waals surface area contributed by atoms with Crippen molar-refractivity contribution in [2.75, 3.05) is 23.7 Å². The molecule has 1 unspecified atom stereocenters. The number of aromatic nitrogens is 1. The van der Waals surface area contributed by atoms with Crippen LogP contribution in [0.4, 0.5) is 6.01 Å². The van der Waals surface area contributed by atoms with Crippen LogP contribution in [0.1, 0.15) is 36.2 Å². The van der Waals surface area contributed by atoms with Gasteiger partial charge in [-0.25, -0.2) is 0 Å². The number of piperidine rings is 1. The molecule has 1 saturated heterocycles. The molecule has 0 radical (unpaired) electrons. The molecule has 2 fully saturated rings. The average Bonchev–Trinajstić information content (AvgIpc) is 3.25. The number of nitrogens with zero attached hydrogens (tertiary/aromatic N) is 2. The third-order valence-corrected chi connectivity index (χ3v) is 7.23. The number of rotatable bonds is 6. The number of anilines is 1. The monoisotopic (exact) mass is 447 g/mol. The molecule has 1 atom stereocenters. The number of carbonyl (C=O) groups excluding carboxylic acids is 1. The molecule has 2 aromatic heterocycles. The molecule has 0 spiro atoms. The zero-order valence-corrected chi connectivity index (χ0v) is 17.9. The normalized spacial score (nSPS) is 18.6. The SMILES string of the molecule is O=C(NC1CCN(c2nc3cc(Cl)ccc3o2)CC1)c1ccc(S(=O)CC2CC2)o1. The smallest absolute Gasteiger partial charge is 0.298 e. The van der Waals surface area contributed by atoms with E-state index in [9.17, 15) is 9.00 Å². The minimum Gasteiger partial charge on any atom is -0.442 e. The number of furan rings is 1. The largest absolute Gasteiger partial charge is 0.442 e. The summed E-state index contributed by atoms with van der Waals surface area (Å²) < 4.78 is 23.6. The lowest BCUT2D eigenvalue weighted by molar-refractivity contribution is 0.0897. The van der Waals surface area contributed by atoms with Crippen LogP contribution in [0.5, 0.6) is 0 Å². The highest BCUT2D eigenvalue weighted by atomic mass is 35.5. The standard InChI is InChI=1S/C21H22ClN3O4S/c22-14-3-4-17-16(11-14)24-21(29-17)25-9-7-15(8-10-25)23-20(26)18-5-6-19(28-18)30(27)12-13-1-2-13/h3-6,11,13,15H,1-2,7-10,12H2,(H,23,26). The lowest BCUT2D eigenvalue weighted by atomic mass is 10.1. The van der Waals surface area contributed by atoms with Gasteiger partial charge in [0, 0.05) is 29.9 Å². The molecule has 1 saturated carbocycles. The maximum Gasteiger partial charge on any atom is 0.298 e. The first kappa shape index (κ1) is 19.6. The van der Waals surface area contributed by atoms with Crippen LogP contribution in [0.15, 0.2) is 44.3 Å². The number of amides is 1. The van der Waals surface area contributed by atoms with Gasteiger partial charge in [0.1, 0.15) is 5.52 Å². The molecular weight excluding hydrogens is 426 g/mol. The third kappa shape index (κ3) is 4.25. The highest BCUT2D eigenvalue weighted by Crippen LogP contribution is 2.31. The fourth-order valence-electron chi connectivity index (χ4n) is 3.64. The Bertz CT molecular complexity index is 1100. The van der Waals surface area contributed by atoms with Crippen molar-refractivity contribution in [1.82, 2.24) is 10.3 Å². The van der Waals surface area contributed by atoms with Gasteiger partial charge in [-0.15, -0.1) is 0 Å². The summed E-state index contributed by atoms with van der Waals surface area (Å²) in [5.74, 6) is 1.11. The van der Waals surface area contributed by atoms with E-state index in [1.807, 2.05) is 6.07 Å². The minimum atomic E-state index is -1.17. The summed E-state index contributed by atoms with van der Waals surface area (Å²) in [6.07, 6.45) is 3.81. The van der Waals surface area contributed by atoms with Crippen molar-refractivity contribution in [2.45, 2.75) is 36.8 Å². The average molecular weight is 448 g/mol. The molecule has 30 heavy (non-hydrogen) atoms. The van der Waals surface area contributed by atoms with Gasteiger partial charge in [0.2, 0.25) is 0 Å². The van der Waals surface area contributed by atoms with E-state index < -0.39 is 10.8 Å². The molecule has 2 aliphatic rings. The quantitative estimate of drug-likeness (QED) is 0.614. The van der Waals surface area contributed by atoms with Crippen molar-refractivity contribution < 1.29 is 17.8 Å². The van der Waals surface area contributed by atoms with Crippen molar-refractivity contribution in [3.8, 4) is 0 Å². The summed E-state index contributed by atoms with van der Waals surface area (Å²) in [6.45, 7) is 1.45. The Balaban J connectivity index is 1.16. The first-order valence-corrected chi connectivity index (χ1v) is 11.8. The van der Waals surface area contributed by atoms with E-state index in [0.717, 1.165) is 44.3 Å². The van der Waals surface area contributed by atoms with Gasteiger partial charge in [0.05, 0.1) is 10.8 Å². The topological polar surface area (TPSA) is 88.6 Å². The van der Waals surface area contributed by atoms with Gasteiger partial charge in [-0.3, -0.25) is 9.00 Å². The fourth-order valence-corrected chi connectivity index (χ4v) is 5.14. The summed E-state index contributed by atoms with van der Waals surface area (Å²) in [5, 5.41) is 4.03. The van der Waals surface area contributed by atoms with Crippen LogP contribution in [-0.2, 0) is 10.8 Å². The summed E-state index contributed by atoms with van der Waals surface area (Å²) in [4.78, 5) is 19.1. The molecule has 3 aromatic rings. The molecule has 7 nitrogen and oxygen atoms in total. The van der Waals surface area contributed by atoms with Gasteiger partial charge < -0.3 is 19.1 Å². The molecule has 158 valence electrons. The third-order valence-electron chi connectivity index (χ3n) is 5.55. The number of carbonyl (C=O) groups is 1. The lowest BCUT2D eigenvalue weighted by Crippen LogP contribution is -2.44. The van der Waals surface area contributed by atoms with Crippen LogP contribution in [0.2, 0.25) is 5.02 Å². The lowest BCUT2D eigenvalue weighted by Gasteiger charge is -2.31. The van der Waals surface area contributed by atoms with Gasteiger partial charge in [-0.2, -0.15) is 4.98 Å². The highest BCUT2D eigenvalue weighted by molar-refractivity contribution is 7.84. The van der Waals surface area contributed by atoms with Gasteiger partial charge in [-0.05, 0) is 61.9 Å². The number of oxazole rings is 1. The van der Waals surface area contributed by atoms with Crippen LogP contribution in [-0.4, -0.2) is 40.0 Å². The fraction of sp³-hybridized carbons (Fsp3) is 0.429. The first-order chi connectivity index (χ1) is 14.5. The Morgan fingerprint density at radius 2 is 1.97 bits per heavy atom. The Morgan fingerprint density at radius 3 is 2.73 bits per heavy atom. The van der Waals surface area contributed by atoms with E-state index in [-0.39, 0.29) is 17.7 Å². The van der Waals surface area contributed by atoms with Crippen molar-refractivity contribution in [3.05, 3.63) is 41.1 Å². The molecule has 1 aliphatic carbocycles. The number of halogens is 1. The summed E-state index contributed by atoms with van der Waals surface area (Å²) in [6, 6.07) is 9.25. The number of benzene rings is 1. The van der Waals surface area contributed by atoms with Gasteiger partial charge in [-0.1, -0.05) is 11.6 Å². The highest BCUT2D eigenvalue weighted by Gasteiger charge is 2.27. The molecule has 0 bridgehead atoms. The van der Waals surface area contributed by atoms with E-state index in [0.29, 0.717) is 33.4 Å². The summed E-state index contributed by atoms with van der Waals surface area (Å²) >= 11 is 6.02. The van der Waals surface area contributed by atoms with Crippen LogP contribution >= 0.6 is 11.6 Å². The van der Waals surface area contributed by atoms with E-state index in [4.69, 9.17) is 20.4 Å². The summed E-state index contributed by atoms with van der Waals surface area (Å²) in [7, 11) is -1.17. The molecular formula is C21H22ClN3O4S. The minimum absolute atomic E-state index is 0.0399. The second kappa shape index (κ2) is 8.07. The van der Waals surface area contributed by atoms with E-state index in [1.165, 1.54) is 0 Å². The van der Waals surface area contributed by atoms with E-state index in [1.54, 1.807) is 24.3 Å². The number of hydrogen-bond acceptors (Lipinski definition) is 6. The molecule has 1 aliphatic heterocycles. The Morgan fingerprint density at radius 1 is 1.17 bits per heavy atom. The zero-order chi connectivity index (χ0) is 20.7. The van der Waals surface area contributed by atoms with Crippen molar-refractivity contribution in [3.63, 3.8) is 0 Å². The first-order valence-electron chi connectivity index (χ1n) is 10.2. The maximum atomic E-state index is 12.5. The molecule has 3 heterocycles. The molecule has 1 aromatic carbocycles. The molecule has 9 heteroatoms. The van der Waals surface area contributed by atoms with Crippen molar-refractivity contribution in [1.29, 1.82) is 0 Å². The van der Waals surface area contributed by atoms with E-state index in [2.05, 4.69) is 15.2 Å². The van der Waals surface area contributed by atoms with Gasteiger partial charge >= 0.3 is 0 Å². The predicted octanol–water partition coefficient (Wildman–Crippen LogP) is 3.99. The van der Waals surface area contributed by atoms with Crippen LogP contribution < -0.4 is 10.2 Å². The van der Waals surface area contributed by atoms with Gasteiger partial charge in [0.15, 0.2) is 16.4 Å². The van der Waals surface area contributed by atoms with Crippen LogP contribution in [0.3, 0.4) is 0 Å². The summed E-state index contributed by atoms with van der Waals surface area (Å²) in [5.41, 5.74) is 1.44. The Labute approximate surface area is 181 Å². The van der Waals surface area contributed by atoms with Crippen LogP contribution in [0.25, 0.3) is 11.1 Å². The second-order valence-corrected chi connectivity index (χ2v) is 9.78. The Hall–Kier alpha value is -2.32. The van der Waals surface area contributed by atoms with Gasteiger partial charge in [0.25, 0.3) is 11.9 Å².